The van der Waals surface area contributed by atoms with Gasteiger partial charge in [0.2, 0.25) is 0 Å². The van der Waals surface area contributed by atoms with E-state index < -0.39 is 11.1 Å². The average molecular weight is 146 g/mol. The maximum absolute atomic E-state index is 10.6. The Morgan fingerprint density at radius 2 is 1.44 bits per heavy atom. The molecule has 0 aliphatic heterocycles. The summed E-state index contributed by atoms with van der Waals surface area (Å²) in [5.74, 6) is 0. The van der Waals surface area contributed by atoms with E-state index in [1.165, 1.54) is 7.91 Å². The van der Waals surface area contributed by atoms with Gasteiger partial charge in [-0.2, -0.15) is 0 Å². The highest BCUT2D eigenvalue weighted by Crippen LogP contribution is 1.79. The van der Waals surface area contributed by atoms with Crippen LogP contribution >= 0.6 is 11.7 Å². The second-order valence-electron chi connectivity index (χ2n) is 1.69. The first kappa shape index (κ1) is 6.28. The molecule has 0 amide bonds. The Morgan fingerprint density at radius 3 is 1.56 bits per heavy atom. The highest BCUT2D eigenvalue weighted by molar-refractivity contribution is 7.00. The lowest BCUT2D eigenvalue weighted by Crippen LogP contribution is -2.28. The Labute approximate surface area is 55.3 Å². The molecular weight excluding hydrogens is 140 g/mol. The molecule has 0 spiro atoms. The van der Waals surface area contributed by atoms with Crippen LogP contribution in [0.2, 0.25) is 0 Å². The van der Waals surface area contributed by atoms with Crippen molar-refractivity contribution < 1.29 is 0 Å². The average Bonchev–Trinajstić information content (AvgIpc) is 1.98. The smallest absolute Gasteiger partial charge is 0.262 e. The molecule has 0 radical (unpaired) electrons. The van der Waals surface area contributed by atoms with Gasteiger partial charge in [0, 0.05) is 25.8 Å². The van der Waals surface area contributed by atoms with Crippen LogP contribution in [0.1, 0.15) is 0 Å². The van der Waals surface area contributed by atoms with Gasteiger partial charge < -0.3 is 0 Å². The number of rotatable bonds is 0. The predicted octanol–water partition coefficient (Wildman–Crippen LogP) is -0.855. The molecule has 1 aromatic rings. The third-order valence-electron chi connectivity index (χ3n) is 1.000. The molecule has 4 nitrogen and oxygen atoms in total. The van der Waals surface area contributed by atoms with Crippen molar-refractivity contribution in [2.24, 2.45) is 14.1 Å². The summed E-state index contributed by atoms with van der Waals surface area (Å²) in [6, 6.07) is 0. The van der Waals surface area contributed by atoms with Crippen LogP contribution in [-0.2, 0) is 14.1 Å². The molecule has 1 rings (SSSR count). The molecule has 0 aliphatic rings. The Morgan fingerprint density at radius 1 is 1.11 bits per heavy atom. The van der Waals surface area contributed by atoms with Gasteiger partial charge in [-0.1, -0.05) is 0 Å². The molecule has 0 aromatic carbocycles. The Kier molecular flexibility index (Phi) is 1.28. The van der Waals surface area contributed by atoms with Crippen LogP contribution < -0.4 is 11.1 Å². The van der Waals surface area contributed by atoms with Gasteiger partial charge in [-0.3, -0.25) is 9.59 Å². The van der Waals surface area contributed by atoms with E-state index in [-0.39, 0.29) is 0 Å². The van der Waals surface area contributed by atoms with Crippen molar-refractivity contribution in [1.29, 1.82) is 0 Å². The van der Waals surface area contributed by atoms with Crippen LogP contribution in [0.3, 0.4) is 0 Å². The van der Waals surface area contributed by atoms with E-state index in [0.29, 0.717) is 0 Å². The van der Waals surface area contributed by atoms with Gasteiger partial charge in [0.1, 0.15) is 0 Å². The molecule has 9 heavy (non-hydrogen) atoms. The van der Waals surface area contributed by atoms with Crippen LogP contribution in [0.25, 0.3) is 0 Å². The fraction of sp³-hybridized carbons (Fsp3) is 0.500. The SMILES string of the molecule is Cn1sn(C)c(=O)c1=O. The Balaban J connectivity index is 3.68. The zero-order chi connectivity index (χ0) is 7.02. The minimum absolute atomic E-state index is 0.456. The summed E-state index contributed by atoms with van der Waals surface area (Å²) in [7, 11) is 3.13. The molecule has 0 saturated heterocycles. The van der Waals surface area contributed by atoms with Gasteiger partial charge >= 0.3 is 11.1 Å². The van der Waals surface area contributed by atoms with E-state index in [2.05, 4.69) is 0 Å². The topological polar surface area (TPSA) is 44.0 Å². The van der Waals surface area contributed by atoms with E-state index >= 15 is 0 Å². The van der Waals surface area contributed by atoms with Gasteiger partial charge in [-0.15, -0.1) is 0 Å². The molecular formula is C4H6N2O2S. The molecule has 0 bridgehead atoms. The van der Waals surface area contributed by atoms with Crippen LogP contribution in [0.15, 0.2) is 9.59 Å². The first-order valence-corrected chi connectivity index (χ1v) is 3.10. The van der Waals surface area contributed by atoms with Gasteiger partial charge in [0.05, 0.1) is 0 Å². The van der Waals surface area contributed by atoms with Crippen molar-refractivity contribution in [3.63, 3.8) is 0 Å². The summed E-state index contributed by atoms with van der Waals surface area (Å²) in [5, 5.41) is 0. The van der Waals surface area contributed by atoms with E-state index in [4.69, 9.17) is 0 Å². The molecule has 0 unspecified atom stereocenters. The van der Waals surface area contributed by atoms with Gasteiger partial charge in [0.25, 0.3) is 0 Å². The van der Waals surface area contributed by atoms with Gasteiger partial charge in [-0.05, 0) is 0 Å². The lowest BCUT2D eigenvalue weighted by Gasteiger charge is -1.79. The van der Waals surface area contributed by atoms with E-state index in [1.54, 1.807) is 14.1 Å². The third-order valence-corrected chi connectivity index (χ3v) is 1.82. The fourth-order valence-corrected chi connectivity index (χ4v) is 1.20. The zero-order valence-electron chi connectivity index (χ0n) is 5.12. The van der Waals surface area contributed by atoms with Crippen molar-refractivity contribution >= 4 is 11.7 Å². The number of aromatic nitrogens is 2. The van der Waals surface area contributed by atoms with Crippen molar-refractivity contribution in [2.45, 2.75) is 0 Å². The van der Waals surface area contributed by atoms with Gasteiger partial charge in [0.15, 0.2) is 0 Å². The number of aryl methyl sites for hydroxylation is 2. The first-order chi connectivity index (χ1) is 4.13. The van der Waals surface area contributed by atoms with E-state index in [9.17, 15) is 9.59 Å². The molecule has 0 atom stereocenters. The fourth-order valence-electron chi connectivity index (χ4n) is 0.527. The predicted molar refractivity (Wildman–Crippen MR) is 34.8 cm³/mol. The van der Waals surface area contributed by atoms with E-state index in [0.717, 1.165) is 11.7 Å². The second kappa shape index (κ2) is 1.84. The molecule has 1 heterocycles. The molecule has 1 aromatic heterocycles. The zero-order valence-corrected chi connectivity index (χ0v) is 5.94. The highest BCUT2D eigenvalue weighted by atomic mass is 32.1. The highest BCUT2D eigenvalue weighted by Gasteiger charge is 2.00. The molecule has 50 valence electrons. The molecule has 0 fully saturated rings. The number of nitrogens with zero attached hydrogens (tertiary/aromatic N) is 2. The Bertz CT molecular complexity index is 288. The van der Waals surface area contributed by atoms with Crippen LogP contribution in [-0.4, -0.2) is 7.91 Å². The normalized spacial score (nSPS) is 10.0. The van der Waals surface area contributed by atoms with Crippen LogP contribution in [0, 0.1) is 0 Å². The summed E-state index contributed by atoms with van der Waals surface area (Å²) in [4.78, 5) is 21.3. The summed E-state index contributed by atoms with van der Waals surface area (Å²) < 4.78 is 2.59. The lowest BCUT2D eigenvalue weighted by atomic mass is 10.8. The Hall–Kier alpha value is -0.840. The summed E-state index contributed by atoms with van der Waals surface area (Å²) >= 11 is 1.10. The standard InChI is InChI=1S/C4H6N2O2S/c1-5-3(7)4(8)6(2)9-5/h1-2H3. The monoisotopic (exact) mass is 146 g/mol. The van der Waals surface area contributed by atoms with Crippen molar-refractivity contribution in [3.8, 4) is 0 Å². The number of hydrogen-bond acceptors (Lipinski definition) is 3. The van der Waals surface area contributed by atoms with E-state index in [1.807, 2.05) is 0 Å². The molecule has 0 N–H and O–H groups in total. The van der Waals surface area contributed by atoms with Crippen molar-refractivity contribution in [1.82, 2.24) is 7.91 Å². The maximum Gasteiger partial charge on any atom is 0.327 e. The second-order valence-corrected chi connectivity index (χ2v) is 2.95. The summed E-state index contributed by atoms with van der Waals surface area (Å²) in [6.45, 7) is 0. The van der Waals surface area contributed by atoms with Gasteiger partial charge in [-0.25, -0.2) is 7.91 Å². The third kappa shape index (κ3) is 0.829. The molecule has 5 heteroatoms. The molecule has 0 aliphatic carbocycles. The minimum Gasteiger partial charge on any atom is -0.262 e. The van der Waals surface area contributed by atoms with Crippen molar-refractivity contribution in [2.75, 3.05) is 0 Å². The summed E-state index contributed by atoms with van der Waals surface area (Å²) in [6.07, 6.45) is 0. The quantitative estimate of drug-likeness (QED) is 0.447. The largest absolute Gasteiger partial charge is 0.327 e. The minimum atomic E-state index is -0.456. The van der Waals surface area contributed by atoms with Crippen LogP contribution in [0.4, 0.5) is 0 Å². The van der Waals surface area contributed by atoms with Crippen molar-refractivity contribution in [3.05, 3.63) is 20.7 Å². The van der Waals surface area contributed by atoms with Crippen LogP contribution in [0.5, 0.6) is 0 Å². The lowest BCUT2D eigenvalue weighted by molar-refractivity contribution is 0.942. The number of hydrogen-bond donors (Lipinski definition) is 0. The summed E-state index contributed by atoms with van der Waals surface area (Å²) in [5.41, 5.74) is -0.912. The first-order valence-electron chi connectivity index (χ1n) is 2.37. The maximum atomic E-state index is 10.6. The molecule has 0 saturated carbocycles.